The van der Waals surface area contributed by atoms with E-state index < -0.39 is 11.9 Å². The number of fused-ring (bicyclic) bond motifs is 1. The number of nitrogens with one attached hydrogen (secondary N) is 1. The Kier molecular flexibility index (Phi) is 6.40. The summed E-state index contributed by atoms with van der Waals surface area (Å²) in [5.74, 6) is -0.324. The molecule has 2 aromatic carbocycles. The lowest BCUT2D eigenvalue weighted by molar-refractivity contribution is -0.141. The van der Waals surface area contributed by atoms with Gasteiger partial charge in [-0.1, -0.05) is 36.4 Å². The highest BCUT2D eigenvalue weighted by molar-refractivity contribution is 6.02. The molecule has 0 bridgehead atoms. The van der Waals surface area contributed by atoms with Crippen LogP contribution in [0.2, 0.25) is 0 Å². The Bertz CT molecular complexity index is 1300. The quantitative estimate of drug-likeness (QED) is 0.452. The van der Waals surface area contributed by atoms with E-state index in [1.54, 1.807) is 7.05 Å². The number of hydrogen-bond donors (Lipinski definition) is 1. The first-order chi connectivity index (χ1) is 16.3. The van der Waals surface area contributed by atoms with Gasteiger partial charge in [-0.25, -0.2) is 4.98 Å². The number of piperidine rings is 1. The first-order valence-corrected chi connectivity index (χ1v) is 11.1. The monoisotopic (exact) mass is 458 g/mol. The van der Waals surface area contributed by atoms with Crippen LogP contribution in [0.15, 0.2) is 48.5 Å². The van der Waals surface area contributed by atoms with Crippen molar-refractivity contribution in [2.75, 3.05) is 11.9 Å². The third-order valence-corrected chi connectivity index (χ3v) is 6.25. The average molecular weight is 459 g/mol. The summed E-state index contributed by atoms with van der Waals surface area (Å²) in [6.45, 7) is 3.66. The fourth-order valence-electron chi connectivity index (χ4n) is 4.15. The molecule has 8 nitrogen and oxygen atoms in total. The molecule has 1 aliphatic heterocycles. The molecule has 1 aliphatic rings. The number of imide groups is 1. The van der Waals surface area contributed by atoms with Crippen LogP contribution in [-0.2, 0) is 25.7 Å². The molecule has 0 aliphatic carbocycles. The third-order valence-electron chi connectivity index (χ3n) is 6.25. The summed E-state index contributed by atoms with van der Waals surface area (Å²) >= 11 is 0. The van der Waals surface area contributed by atoms with Crippen LogP contribution in [0.25, 0.3) is 22.0 Å². The highest BCUT2D eigenvalue weighted by atomic mass is 16.2. The lowest BCUT2D eigenvalue weighted by Gasteiger charge is -2.30. The molecular weight excluding hydrogens is 432 g/mol. The lowest BCUT2D eigenvalue weighted by Crippen LogP contribution is -2.51. The zero-order chi connectivity index (χ0) is 24.4. The topological polar surface area (TPSA) is 99.7 Å². The molecule has 1 fully saturated rings. The average Bonchev–Trinajstić information content (AvgIpc) is 2.82. The van der Waals surface area contributed by atoms with Crippen LogP contribution < -0.4 is 10.2 Å². The molecule has 1 aromatic heterocycles. The summed E-state index contributed by atoms with van der Waals surface area (Å²) in [4.78, 5) is 55.4. The molecule has 34 heavy (non-hydrogen) atoms. The number of rotatable bonds is 6. The van der Waals surface area contributed by atoms with Gasteiger partial charge in [-0.15, -0.1) is 0 Å². The van der Waals surface area contributed by atoms with E-state index in [0.717, 1.165) is 27.5 Å². The smallest absolute Gasteiger partial charge is 0.249 e. The van der Waals surface area contributed by atoms with Crippen molar-refractivity contribution in [3.05, 3.63) is 59.7 Å². The number of aryl methyl sites for hydroxylation is 1. The Hall–Kier alpha value is -4.07. The van der Waals surface area contributed by atoms with Crippen molar-refractivity contribution in [3.63, 3.8) is 0 Å². The summed E-state index contributed by atoms with van der Waals surface area (Å²) in [5, 5.41) is 4.13. The molecule has 0 saturated carbocycles. The first kappa shape index (κ1) is 23.1. The molecule has 4 amide bonds. The van der Waals surface area contributed by atoms with Gasteiger partial charge in [0.05, 0.1) is 5.69 Å². The van der Waals surface area contributed by atoms with Gasteiger partial charge in [0.25, 0.3) is 0 Å². The van der Waals surface area contributed by atoms with Gasteiger partial charge in [0.1, 0.15) is 11.9 Å². The standard InChI is InChI=1S/C26H26N4O4/c1-16-8-9-19(12-20(16)14-30(15-31)23-10-11-24(33)28-26(23)34)22-13-18-6-4-5-7-21(18)25(27-22)29(3)17(2)32/h4-9,12-13,15,23H,10-11,14H2,1-3H3,(H,28,33,34). The number of hydrogen-bond acceptors (Lipinski definition) is 5. The highest BCUT2D eigenvalue weighted by Gasteiger charge is 2.31. The van der Waals surface area contributed by atoms with Gasteiger partial charge in [-0.05, 0) is 42.0 Å². The number of amides is 4. The van der Waals surface area contributed by atoms with Crippen molar-refractivity contribution in [1.29, 1.82) is 0 Å². The zero-order valence-electron chi connectivity index (χ0n) is 19.4. The predicted molar refractivity (Wildman–Crippen MR) is 129 cm³/mol. The van der Waals surface area contributed by atoms with E-state index in [1.807, 2.05) is 55.5 Å². The van der Waals surface area contributed by atoms with Crippen molar-refractivity contribution in [2.24, 2.45) is 0 Å². The fraction of sp³-hybridized carbons (Fsp3) is 0.269. The van der Waals surface area contributed by atoms with Gasteiger partial charge < -0.3 is 4.90 Å². The molecule has 1 saturated heterocycles. The van der Waals surface area contributed by atoms with Crippen molar-refractivity contribution < 1.29 is 19.2 Å². The second kappa shape index (κ2) is 9.43. The Morgan fingerprint density at radius 1 is 1.18 bits per heavy atom. The van der Waals surface area contributed by atoms with Gasteiger partial charge in [0.15, 0.2) is 0 Å². The van der Waals surface area contributed by atoms with Crippen molar-refractivity contribution in [3.8, 4) is 11.3 Å². The maximum absolute atomic E-state index is 12.3. The molecule has 1 unspecified atom stereocenters. The molecule has 1 N–H and O–H groups in total. The molecular formula is C26H26N4O4. The largest absolute Gasteiger partial charge is 0.329 e. The molecule has 0 radical (unpaired) electrons. The lowest BCUT2D eigenvalue weighted by atomic mass is 9.99. The summed E-state index contributed by atoms with van der Waals surface area (Å²) in [6.07, 6.45) is 1.16. The summed E-state index contributed by atoms with van der Waals surface area (Å²) in [6, 6.07) is 14.9. The van der Waals surface area contributed by atoms with E-state index in [2.05, 4.69) is 5.32 Å². The predicted octanol–water partition coefficient (Wildman–Crippen LogP) is 2.96. The van der Waals surface area contributed by atoms with Crippen LogP contribution in [0.5, 0.6) is 0 Å². The van der Waals surface area contributed by atoms with Gasteiger partial charge >= 0.3 is 0 Å². The van der Waals surface area contributed by atoms with Gasteiger partial charge in [-0.3, -0.25) is 29.4 Å². The SMILES string of the molecule is CC(=O)N(C)c1nc(-c2ccc(C)c(CN(C=O)C3CCC(=O)NC3=O)c2)cc2ccccc12. The number of anilines is 1. The number of carbonyl (C=O) groups excluding carboxylic acids is 4. The van der Waals surface area contributed by atoms with Crippen LogP contribution in [0, 0.1) is 6.92 Å². The van der Waals surface area contributed by atoms with Crippen LogP contribution in [0.1, 0.15) is 30.9 Å². The minimum absolute atomic E-state index is 0.120. The summed E-state index contributed by atoms with van der Waals surface area (Å²) < 4.78 is 0. The Morgan fingerprint density at radius 2 is 1.94 bits per heavy atom. The normalized spacial score (nSPS) is 15.7. The van der Waals surface area contributed by atoms with Crippen LogP contribution in [0.4, 0.5) is 5.82 Å². The number of carbonyl (C=O) groups is 4. The number of nitrogens with zero attached hydrogens (tertiary/aromatic N) is 3. The van der Waals surface area contributed by atoms with E-state index in [4.69, 9.17) is 4.98 Å². The molecule has 4 rings (SSSR count). The maximum Gasteiger partial charge on any atom is 0.249 e. The van der Waals surface area contributed by atoms with Crippen molar-refractivity contribution in [2.45, 2.75) is 39.3 Å². The molecule has 8 heteroatoms. The van der Waals surface area contributed by atoms with E-state index in [1.165, 1.54) is 16.7 Å². The number of aromatic nitrogens is 1. The van der Waals surface area contributed by atoms with Crippen LogP contribution in [0.3, 0.4) is 0 Å². The van der Waals surface area contributed by atoms with Gasteiger partial charge in [0.2, 0.25) is 24.1 Å². The molecule has 0 spiro atoms. The second-order valence-corrected chi connectivity index (χ2v) is 8.52. The Labute approximate surface area is 197 Å². The number of benzene rings is 2. The molecule has 2 heterocycles. The van der Waals surface area contributed by atoms with E-state index in [-0.39, 0.29) is 24.8 Å². The van der Waals surface area contributed by atoms with E-state index in [0.29, 0.717) is 24.3 Å². The molecule has 3 aromatic rings. The first-order valence-electron chi connectivity index (χ1n) is 11.1. The summed E-state index contributed by atoms with van der Waals surface area (Å²) in [7, 11) is 1.70. The zero-order valence-corrected chi connectivity index (χ0v) is 19.4. The van der Waals surface area contributed by atoms with E-state index >= 15 is 0 Å². The minimum atomic E-state index is -0.687. The van der Waals surface area contributed by atoms with Gasteiger partial charge in [0, 0.05) is 37.9 Å². The maximum atomic E-state index is 12.3. The molecule has 1 atom stereocenters. The van der Waals surface area contributed by atoms with E-state index in [9.17, 15) is 19.2 Å². The third kappa shape index (κ3) is 4.52. The van der Waals surface area contributed by atoms with Crippen molar-refractivity contribution in [1.82, 2.24) is 15.2 Å². The van der Waals surface area contributed by atoms with Crippen LogP contribution in [-0.4, -0.2) is 47.1 Å². The second-order valence-electron chi connectivity index (χ2n) is 8.52. The van der Waals surface area contributed by atoms with Crippen LogP contribution >= 0.6 is 0 Å². The molecule has 174 valence electrons. The van der Waals surface area contributed by atoms with Crippen molar-refractivity contribution >= 4 is 40.7 Å². The minimum Gasteiger partial charge on any atom is -0.329 e. The Balaban J connectivity index is 1.72. The number of pyridine rings is 1. The Morgan fingerprint density at radius 3 is 2.65 bits per heavy atom. The fourth-order valence-corrected chi connectivity index (χ4v) is 4.15. The summed E-state index contributed by atoms with van der Waals surface area (Å²) in [5.41, 5.74) is 3.36. The van der Waals surface area contributed by atoms with Gasteiger partial charge in [-0.2, -0.15) is 0 Å². The highest BCUT2D eigenvalue weighted by Crippen LogP contribution is 2.31.